The molecular weight excluding hydrogens is 436 g/mol. The molecule has 168 valence electrons. The highest BCUT2D eigenvalue weighted by Crippen LogP contribution is 2.28. The number of carbonyl (C=O) groups is 1. The van der Waals surface area contributed by atoms with E-state index in [9.17, 15) is 4.79 Å². The van der Waals surface area contributed by atoms with Crippen LogP contribution in [0, 0.1) is 0 Å². The lowest BCUT2D eigenvalue weighted by molar-refractivity contribution is -0.118. The number of nitrogens with zero attached hydrogens (tertiary/aromatic N) is 2. The van der Waals surface area contributed by atoms with Gasteiger partial charge in [-0.25, -0.2) is 4.98 Å². The first-order valence-corrected chi connectivity index (χ1v) is 11.0. The van der Waals surface area contributed by atoms with Gasteiger partial charge in [0, 0.05) is 29.8 Å². The number of methoxy groups -OCH3 is 1. The number of hydrogen-bond donors (Lipinski definition) is 2. The minimum absolute atomic E-state index is 0.0720. The molecular formula is C26H25ClN4O2. The third-order valence-corrected chi connectivity index (χ3v) is 5.72. The third-order valence-electron chi connectivity index (χ3n) is 5.43. The van der Waals surface area contributed by atoms with Crippen LogP contribution in [0.1, 0.15) is 30.1 Å². The molecule has 7 heteroatoms. The van der Waals surface area contributed by atoms with Crippen molar-refractivity contribution in [3.8, 4) is 11.4 Å². The molecule has 0 aliphatic carbocycles. The van der Waals surface area contributed by atoms with Crippen LogP contribution in [0.15, 0.2) is 91.5 Å². The van der Waals surface area contributed by atoms with Gasteiger partial charge in [-0.15, -0.1) is 0 Å². The first kappa shape index (κ1) is 22.6. The summed E-state index contributed by atoms with van der Waals surface area (Å²) in [4.78, 5) is 17.4. The summed E-state index contributed by atoms with van der Waals surface area (Å²) in [6, 6.07) is 22.4. The van der Waals surface area contributed by atoms with Gasteiger partial charge in [-0.05, 0) is 48.4 Å². The van der Waals surface area contributed by atoms with Crippen LogP contribution in [0.2, 0.25) is 5.02 Å². The van der Waals surface area contributed by atoms with E-state index in [4.69, 9.17) is 16.3 Å². The van der Waals surface area contributed by atoms with E-state index in [0.29, 0.717) is 16.5 Å². The van der Waals surface area contributed by atoms with Crippen LogP contribution in [-0.2, 0) is 4.79 Å². The van der Waals surface area contributed by atoms with Crippen LogP contribution in [-0.4, -0.2) is 22.6 Å². The van der Waals surface area contributed by atoms with Crippen LogP contribution in [0.4, 0.5) is 5.69 Å². The maximum Gasteiger partial charge on any atom is 0.246 e. The van der Waals surface area contributed by atoms with Crippen molar-refractivity contribution in [2.75, 3.05) is 12.4 Å². The molecule has 2 unspecified atom stereocenters. The summed E-state index contributed by atoms with van der Waals surface area (Å²) in [5.74, 6) is 0.379. The van der Waals surface area contributed by atoms with Gasteiger partial charge < -0.3 is 14.6 Å². The highest BCUT2D eigenvalue weighted by molar-refractivity contribution is 6.32. The molecule has 1 heterocycles. The summed E-state index contributed by atoms with van der Waals surface area (Å²) < 4.78 is 7.14. The number of aromatic nitrogens is 2. The lowest BCUT2D eigenvalue weighted by Gasteiger charge is -2.24. The molecule has 0 saturated carbocycles. The van der Waals surface area contributed by atoms with E-state index >= 15 is 0 Å². The Morgan fingerprint density at radius 2 is 1.79 bits per heavy atom. The lowest BCUT2D eigenvalue weighted by atomic mass is 10.0. The number of carbonyl (C=O) groups excluding carboxylic acids is 1. The Morgan fingerprint density at radius 3 is 2.42 bits per heavy atom. The maximum absolute atomic E-state index is 13.3. The first-order valence-electron chi connectivity index (χ1n) is 10.6. The van der Waals surface area contributed by atoms with Crippen molar-refractivity contribution in [2.45, 2.75) is 19.0 Å². The Labute approximate surface area is 198 Å². The molecule has 1 amide bonds. The van der Waals surface area contributed by atoms with Gasteiger partial charge in [-0.2, -0.15) is 0 Å². The fraction of sp³-hybridized carbons (Fsp3) is 0.154. The van der Waals surface area contributed by atoms with E-state index in [2.05, 4.69) is 27.8 Å². The topological polar surface area (TPSA) is 68.2 Å². The van der Waals surface area contributed by atoms with Crippen molar-refractivity contribution < 1.29 is 9.53 Å². The molecule has 1 aromatic heterocycles. The molecule has 0 saturated heterocycles. The Bertz CT molecular complexity index is 1190. The predicted molar refractivity (Wildman–Crippen MR) is 131 cm³/mol. The van der Waals surface area contributed by atoms with Crippen LogP contribution in [0.25, 0.3) is 5.69 Å². The third kappa shape index (κ3) is 5.42. The van der Waals surface area contributed by atoms with Gasteiger partial charge in [0.15, 0.2) is 0 Å². The number of benzene rings is 3. The Kier molecular flexibility index (Phi) is 7.07. The molecule has 0 aliphatic heterocycles. The van der Waals surface area contributed by atoms with Crippen LogP contribution < -0.4 is 15.4 Å². The zero-order chi connectivity index (χ0) is 23.2. The normalized spacial score (nSPS) is 12.7. The number of amides is 1. The summed E-state index contributed by atoms with van der Waals surface area (Å²) in [6.45, 7) is 2.04. The minimum atomic E-state index is -0.560. The summed E-state index contributed by atoms with van der Waals surface area (Å²) in [7, 11) is 1.55. The lowest BCUT2D eigenvalue weighted by Crippen LogP contribution is -2.34. The predicted octanol–water partition coefficient (Wildman–Crippen LogP) is 5.56. The number of nitrogens with one attached hydrogen (secondary N) is 2. The van der Waals surface area contributed by atoms with Crippen LogP contribution >= 0.6 is 11.6 Å². The van der Waals surface area contributed by atoms with E-state index in [0.717, 1.165) is 16.8 Å². The average molecular weight is 461 g/mol. The number of halogens is 1. The van der Waals surface area contributed by atoms with E-state index in [1.54, 1.807) is 37.8 Å². The fourth-order valence-corrected chi connectivity index (χ4v) is 3.88. The molecule has 4 rings (SSSR count). The van der Waals surface area contributed by atoms with Crippen molar-refractivity contribution in [3.05, 3.63) is 108 Å². The van der Waals surface area contributed by atoms with Crippen molar-refractivity contribution >= 4 is 23.2 Å². The van der Waals surface area contributed by atoms with Crippen molar-refractivity contribution in [2.24, 2.45) is 0 Å². The average Bonchev–Trinajstić information content (AvgIpc) is 3.38. The van der Waals surface area contributed by atoms with E-state index < -0.39 is 6.04 Å². The molecule has 0 fully saturated rings. The Hall–Kier alpha value is -3.61. The number of ether oxygens (including phenoxy) is 1. The second-order valence-electron chi connectivity index (χ2n) is 7.63. The highest BCUT2D eigenvalue weighted by Gasteiger charge is 2.23. The largest absolute Gasteiger partial charge is 0.495 e. The van der Waals surface area contributed by atoms with Crippen molar-refractivity contribution in [1.82, 2.24) is 14.9 Å². The first-order chi connectivity index (χ1) is 16.0. The van der Waals surface area contributed by atoms with Crippen molar-refractivity contribution in [3.63, 3.8) is 0 Å². The summed E-state index contributed by atoms with van der Waals surface area (Å²) in [5.41, 5.74) is 3.57. The van der Waals surface area contributed by atoms with E-state index in [-0.39, 0.29) is 11.9 Å². The van der Waals surface area contributed by atoms with Crippen LogP contribution in [0.5, 0.6) is 5.75 Å². The van der Waals surface area contributed by atoms with Gasteiger partial charge >= 0.3 is 0 Å². The number of rotatable bonds is 8. The van der Waals surface area contributed by atoms with Gasteiger partial charge in [0.25, 0.3) is 0 Å². The van der Waals surface area contributed by atoms with Gasteiger partial charge in [-0.3, -0.25) is 10.1 Å². The zero-order valence-electron chi connectivity index (χ0n) is 18.4. The molecule has 0 radical (unpaired) electrons. The molecule has 3 aromatic carbocycles. The van der Waals surface area contributed by atoms with Gasteiger partial charge in [0.05, 0.1) is 18.5 Å². The van der Waals surface area contributed by atoms with Crippen molar-refractivity contribution in [1.29, 1.82) is 0 Å². The summed E-state index contributed by atoms with van der Waals surface area (Å²) >= 11 is 6.23. The molecule has 0 spiro atoms. The Morgan fingerprint density at radius 1 is 1.03 bits per heavy atom. The number of anilines is 1. The molecule has 2 atom stereocenters. The van der Waals surface area contributed by atoms with Gasteiger partial charge in [0.2, 0.25) is 5.91 Å². The standard InChI is InChI=1S/C26H25ClN4O2/c1-18(19-8-11-22(12-9-19)31-15-14-28-17-31)29-25(20-6-4-3-5-7-20)26(32)30-21-10-13-24(33-2)23(27)16-21/h3-18,25,29H,1-2H3,(H,30,32). The van der Waals surface area contributed by atoms with E-state index in [1.165, 1.54) is 0 Å². The van der Waals surface area contributed by atoms with Gasteiger partial charge in [-0.1, -0.05) is 54.1 Å². The molecule has 0 bridgehead atoms. The fourth-order valence-electron chi connectivity index (χ4n) is 3.62. The van der Waals surface area contributed by atoms with Gasteiger partial charge in [0.1, 0.15) is 11.8 Å². The highest BCUT2D eigenvalue weighted by atomic mass is 35.5. The SMILES string of the molecule is COc1ccc(NC(=O)C(NC(C)c2ccc(-n3ccnc3)cc2)c2ccccc2)cc1Cl. The second kappa shape index (κ2) is 10.3. The van der Waals surface area contributed by atoms with Crippen LogP contribution in [0.3, 0.4) is 0 Å². The molecule has 0 aliphatic rings. The quantitative estimate of drug-likeness (QED) is 0.361. The maximum atomic E-state index is 13.3. The monoisotopic (exact) mass is 460 g/mol. The summed E-state index contributed by atoms with van der Waals surface area (Å²) in [5, 5.41) is 6.87. The Balaban J connectivity index is 1.53. The number of imidazole rings is 1. The van der Waals surface area contributed by atoms with E-state index in [1.807, 2.05) is 60.2 Å². The minimum Gasteiger partial charge on any atom is -0.495 e. The zero-order valence-corrected chi connectivity index (χ0v) is 19.2. The summed E-state index contributed by atoms with van der Waals surface area (Å²) in [6.07, 6.45) is 5.41. The molecule has 6 nitrogen and oxygen atoms in total. The molecule has 4 aromatic rings. The second-order valence-corrected chi connectivity index (χ2v) is 8.04. The number of hydrogen-bond acceptors (Lipinski definition) is 4. The smallest absolute Gasteiger partial charge is 0.246 e. The molecule has 33 heavy (non-hydrogen) atoms. The molecule has 2 N–H and O–H groups in total.